The molecule has 3 nitrogen and oxygen atoms in total. The molecule has 0 spiro atoms. The fraction of sp³-hybridized carbons (Fsp3) is 0.0714. The third-order valence-electron chi connectivity index (χ3n) is 2.55. The number of aryl methyl sites for hydroxylation is 1. The predicted molar refractivity (Wildman–Crippen MR) is 77.9 cm³/mol. The van der Waals surface area contributed by atoms with Gasteiger partial charge in [-0.3, -0.25) is 0 Å². The number of carbonyl (C=O) groups is 1. The highest BCUT2D eigenvalue weighted by Crippen LogP contribution is 2.24. The van der Waals surface area contributed by atoms with Gasteiger partial charge in [0.2, 0.25) is 0 Å². The zero-order valence-corrected chi connectivity index (χ0v) is 11.8. The maximum absolute atomic E-state index is 13.3. The molecule has 0 atom stereocenters. The summed E-state index contributed by atoms with van der Waals surface area (Å²) in [4.78, 5) is 11.8. The lowest BCUT2D eigenvalue weighted by molar-refractivity contribution is 0.262. The summed E-state index contributed by atoms with van der Waals surface area (Å²) < 4.78 is 13.6. The van der Waals surface area contributed by atoms with E-state index in [1.54, 1.807) is 19.1 Å². The van der Waals surface area contributed by atoms with Crippen molar-refractivity contribution in [3.8, 4) is 0 Å². The molecule has 0 radical (unpaired) electrons. The van der Waals surface area contributed by atoms with Crippen molar-refractivity contribution in [2.24, 2.45) is 0 Å². The van der Waals surface area contributed by atoms with E-state index in [4.69, 9.17) is 0 Å². The quantitative estimate of drug-likeness (QED) is 0.837. The number of anilines is 2. The van der Waals surface area contributed by atoms with Gasteiger partial charge in [-0.05, 0) is 52.7 Å². The summed E-state index contributed by atoms with van der Waals surface area (Å²) >= 11 is 3.09. The molecular formula is C14H12BrFN2O. The van der Waals surface area contributed by atoms with Gasteiger partial charge in [-0.25, -0.2) is 9.18 Å². The van der Waals surface area contributed by atoms with E-state index in [1.807, 2.05) is 18.2 Å². The Morgan fingerprint density at radius 2 is 1.84 bits per heavy atom. The first-order valence-electron chi connectivity index (χ1n) is 5.65. The standard InChI is InChI=1S/C14H12BrFN2O/c1-9-7-12(16)11(15)8-13(9)18-14(19)17-10-5-3-2-4-6-10/h2-8H,1H3,(H2,17,18,19). The van der Waals surface area contributed by atoms with E-state index in [-0.39, 0.29) is 11.8 Å². The van der Waals surface area contributed by atoms with E-state index in [2.05, 4.69) is 26.6 Å². The molecule has 0 aromatic heterocycles. The third-order valence-corrected chi connectivity index (χ3v) is 3.15. The largest absolute Gasteiger partial charge is 0.323 e. The number of urea groups is 1. The van der Waals surface area contributed by atoms with E-state index in [0.29, 0.717) is 21.4 Å². The molecule has 0 heterocycles. The minimum atomic E-state index is -0.368. The lowest BCUT2D eigenvalue weighted by Gasteiger charge is -2.10. The molecule has 2 aromatic rings. The Balaban J connectivity index is 2.09. The summed E-state index contributed by atoms with van der Waals surface area (Å²) in [7, 11) is 0. The molecule has 98 valence electrons. The molecule has 2 rings (SSSR count). The number of hydrogen-bond donors (Lipinski definition) is 2. The van der Waals surface area contributed by atoms with Crippen LogP contribution in [-0.4, -0.2) is 6.03 Å². The van der Waals surface area contributed by atoms with Crippen LogP contribution in [0.25, 0.3) is 0 Å². The summed E-state index contributed by atoms with van der Waals surface area (Å²) in [5.74, 6) is -0.355. The van der Waals surface area contributed by atoms with Crippen LogP contribution in [0.15, 0.2) is 46.9 Å². The van der Waals surface area contributed by atoms with Gasteiger partial charge in [-0.2, -0.15) is 0 Å². The summed E-state index contributed by atoms with van der Waals surface area (Å²) in [5, 5.41) is 5.37. The highest BCUT2D eigenvalue weighted by molar-refractivity contribution is 9.10. The van der Waals surface area contributed by atoms with Gasteiger partial charge in [0.15, 0.2) is 0 Å². The van der Waals surface area contributed by atoms with Crippen molar-refractivity contribution in [2.45, 2.75) is 6.92 Å². The first-order chi connectivity index (χ1) is 9.06. The summed E-state index contributed by atoms with van der Waals surface area (Å²) in [6.07, 6.45) is 0. The van der Waals surface area contributed by atoms with Gasteiger partial charge in [-0.1, -0.05) is 18.2 Å². The molecule has 0 fully saturated rings. The van der Waals surface area contributed by atoms with Crippen LogP contribution in [-0.2, 0) is 0 Å². The van der Waals surface area contributed by atoms with Crippen molar-refractivity contribution >= 4 is 33.3 Å². The van der Waals surface area contributed by atoms with Crippen LogP contribution in [0, 0.1) is 12.7 Å². The maximum atomic E-state index is 13.3. The lowest BCUT2D eigenvalue weighted by atomic mass is 10.2. The van der Waals surface area contributed by atoms with Crippen molar-refractivity contribution in [3.63, 3.8) is 0 Å². The lowest BCUT2D eigenvalue weighted by Crippen LogP contribution is -2.20. The molecular weight excluding hydrogens is 311 g/mol. The normalized spacial score (nSPS) is 10.1. The molecule has 0 saturated heterocycles. The van der Waals surface area contributed by atoms with Crippen LogP contribution in [0.5, 0.6) is 0 Å². The van der Waals surface area contributed by atoms with Crippen molar-refractivity contribution < 1.29 is 9.18 Å². The number of nitrogens with one attached hydrogen (secondary N) is 2. The predicted octanol–water partition coefficient (Wildman–Crippen LogP) is 4.54. The van der Waals surface area contributed by atoms with Gasteiger partial charge in [0.05, 0.1) is 4.47 Å². The minimum Gasteiger partial charge on any atom is -0.308 e. The molecule has 2 N–H and O–H groups in total. The number of rotatable bonds is 2. The van der Waals surface area contributed by atoms with Crippen molar-refractivity contribution in [2.75, 3.05) is 10.6 Å². The Morgan fingerprint density at radius 1 is 1.16 bits per heavy atom. The first-order valence-corrected chi connectivity index (χ1v) is 6.44. The smallest absolute Gasteiger partial charge is 0.308 e. The van der Waals surface area contributed by atoms with Gasteiger partial charge >= 0.3 is 6.03 Å². The van der Waals surface area contributed by atoms with E-state index < -0.39 is 0 Å². The van der Waals surface area contributed by atoms with Crippen LogP contribution in [0.1, 0.15) is 5.56 Å². The second-order valence-electron chi connectivity index (χ2n) is 4.03. The Kier molecular flexibility index (Phi) is 4.16. The van der Waals surface area contributed by atoms with Gasteiger partial charge in [0, 0.05) is 11.4 Å². The van der Waals surface area contributed by atoms with E-state index in [9.17, 15) is 9.18 Å². The number of benzene rings is 2. The molecule has 2 aromatic carbocycles. The fourth-order valence-electron chi connectivity index (χ4n) is 1.59. The molecule has 0 aliphatic carbocycles. The third kappa shape index (κ3) is 3.54. The summed E-state index contributed by atoms with van der Waals surface area (Å²) in [6, 6.07) is 11.6. The highest BCUT2D eigenvalue weighted by atomic mass is 79.9. The second kappa shape index (κ2) is 5.84. The Labute approximate surface area is 119 Å². The van der Waals surface area contributed by atoms with Crippen molar-refractivity contribution in [1.29, 1.82) is 0 Å². The van der Waals surface area contributed by atoms with Crippen LogP contribution in [0.4, 0.5) is 20.6 Å². The average molecular weight is 323 g/mol. The van der Waals surface area contributed by atoms with E-state index >= 15 is 0 Å². The van der Waals surface area contributed by atoms with Crippen LogP contribution in [0.3, 0.4) is 0 Å². The Hall–Kier alpha value is -1.88. The molecule has 0 bridgehead atoms. The zero-order chi connectivity index (χ0) is 13.8. The van der Waals surface area contributed by atoms with E-state index in [0.717, 1.165) is 0 Å². The van der Waals surface area contributed by atoms with Gasteiger partial charge in [-0.15, -0.1) is 0 Å². The Morgan fingerprint density at radius 3 is 2.53 bits per heavy atom. The van der Waals surface area contributed by atoms with Crippen molar-refractivity contribution in [1.82, 2.24) is 0 Å². The number of para-hydroxylation sites is 1. The van der Waals surface area contributed by atoms with Crippen molar-refractivity contribution in [3.05, 3.63) is 58.3 Å². The zero-order valence-electron chi connectivity index (χ0n) is 10.2. The monoisotopic (exact) mass is 322 g/mol. The minimum absolute atomic E-state index is 0.313. The molecule has 19 heavy (non-hydrogen) atoms. The number of hydrogen-bond acceptors (Lipinski definition) is 1. The SMILES string of the molecule is Cc1cc(F)c(Br)cc1NC(=O)Nc1ccccc1. The van der Waals surface area contributed by atoms with Gasteiger partial charge in [0.1, 0.15) is 5.82 Å². The molecule has 0 saturated carbocycles. The number of amides is 2. The average Bonchev–Trinajstić information content (AvgIpc) is 2.37. The van der Waals surface area contributed by atoms with Gasteiger partial charge in [0.25, 0.3) is 0 Å². The van der Waals surface area contributed by atoms with Crippen LogP contribution < -0.4 is 10.6 Å². The highest BCUT2D eigenvalue weighted by Gasteiger charge is 2.08. The summed E-state index contributed by atoms with van der Waals surface area (Å²) in [5.41, 5.74) is 1.91. The van der Waals surface area contributed by atoms with Crippen LogP contribution in [0.2, 0.25) is 0 Å². The molecule has 0 aliphatic rings. The first kappa shape index (κ1) is 13.5. The molecule has 0 aliphatic heterocycles. The molecule has 0 unspecified atom stereocenters. The maximum Gasteiger partial charge on any atom is 0.323 e. The van der Waals surface area contributed by atoms with Gasteiger partial charge < -0.3 is 10.6 Å². The molecule has 5 heteroatoms. The number of halogens is 2. The molecule has 2 amide bonds. The summed E-state index contributed by atoms with van der Waals surface area (Å²) in [6.45, 7) is 1.73. The fourth-order valence-corrected chi connectivity index (χ4v) is 1.93. The van der Waals surface area contributed by atoms with Crippen LogP contribution >= 0.6 is 15.9 Å². The van der Waals surface area contributed by atoms with E-state index in [1.165, 1.54) is 12.1 Å². The topological polar surface area (TPSA) is 41.1 Å². The Bertz CT molecular complexity index is 602. The number of carbonyl (C=O) groups excluding carboxylic acids is 1. The second-order valence-corrected chi connectivity index (χ2v) is 4.88.